The summed E-state index contributed by atoms with van der Waals surface area (Å²) >= 11 is 3.12. The van der Waals surface area contributed by atoms with Crippen molar-refractivity contribution < 1.29 is 13.9 Å². The van der Waals surface area contributed by atoms with E-state index in [-0.39, 0.29) is 16.8 Å². The van der Waals surface area contributed by atoms with Crippen LogP contribution >= 0.6 is 15.9 Å². The van der Waals surface area contributed by atoms with Crippen LogP contribution in [0.2, 0.25) is 0 Å². The molecule has 88 valence electrons. The fraction of sp³-hybridized carbons (Fsp3) is 0.167. The van der Waals surface area contributed by atoms with Crippen LogP contribution in [0.3, 0.4) is 0 Å². The van der Waals surface area contributed by atoms with Gasteiger partial charge in [0, 0.05) is 4.48 Å². The van der Waals surface area contributed by atoms with Crippen LogP contribution in [0.4, 0.5) is 4.39 Å². The first-order chi connectivity index (χ1) is 8.10. The zero-order valence-corrected chi connectivity index (χ0v) is 10.6. The van der Waals surface area contributed by atoms with Gasteiger partial charge in [-0.15, -0.1) is 0 Å². The normalized spacial score (nSPS) is 11.4. The molecule has 0 N–H and O–H groups in total. The van der Waals surface area contributed by atoms with E-state index in [1.165, 1.54) is 18.2 Å². The molecule has 3 nitrogen and oxygen atoms in total. The van der Waals surface area contributed by atoms with E-state index in [0.29, 0.717) is 5.56 Å². The molecule has 0 aliphatic heterocycles. The Labute approximate surface area is 107 Å². The summed E-state index contributed by atoms with van der Waals surface area (Å²) in [5.41, 5.74) is 0.224. The van der Waals surface area contributed by atoms with Crippen LogP contribution in [0.1, 0.15) is 12.5 Å². The molecule has 0 atom stereocenters. The summed E-state index contributed by atoms with van der Waals surface area (Å²) in [6, 6.07) is 5.61. The minimum Gasteiger partial charge on any atom is -0.471 e. The van der Waals surface area contributed by atoms with Gasteiger partial charge in [0.2, 0.25) is 0 Å². The van der Waals surface area contributed by atoms with Gasteiger partial charge in [0.25, 0.3) is 5.70 Å². The minimum absolute atomic E-state index is 0.182. The van der Waals surface area contributed by atoms with Gasteiger partial charge in [0.1, 0.15) is 5.82 Å². The number of ether oxygens (including phenoxy) is 1. The fourth-order valence-corrected chi connectivity index (χ4v) is 1.64. The second-order valence-corrected chi connectivity index (χ2v) is 3.80. The average molecular weight is 298 g/mol. The van der Waals surface area contributed by atoms with Gasteiger partial charge in [-0.2, -0.15) is 0 Å². The summed E-state index contributed by atoms with van der Waals surface area (Å²) in [6.07, 6.45) is 0. The quantitative estimate of drug-likeness (QED) is 0.486. The van der Waals surface area contributed by atoms with Crippen LogP contribution in [-0.2, 0) is 9.53 Å². The monoisotopic (exact) mass is 297 g/mol. The molecule has 0 saturated heterocycles. The predicted octanol–water partition coefficient (Wildman–Crippen LogP) is 3.37. The molecule has 0 spiro atoms. The highest BCUT2D eigenvalue weighted by molar-refractivity contribution is 9.15. The Morgan fingerprint density at radius 3 is 2.82 bits per heavy atom. The van der Waals surface area contributed by atoms with Gasteiger partial charge < -0.3 is 4.74 Å². The lowest BCUT2D eigenvalue weighted by molar-refractivity contribution is -0.138. The molecule has 0 aliphatic rings. The zero-order chi connectivity index (χ0) is 12.8. The van der Waals surface area contributed by atoms with E-state index in [1.807, 2.05) is 0 Å². The van der Waals surface area contributed by atoms with Crippen LogP contribution in [-0.4, -0.2) is 12.6 Å². The average Bonchev–Trinajstić information content (AvgIpc) is 2.30. The van der Waals surface area contributed by atoms with E-state index in [0.717, 1.165) is 0 Å². The van der Waals surface area contributed by atoms with Crippen molar-refractivity contribution in [3.05, 3.63) is 52.8 Å². The highest BCUT2D eigenvalue weighted by Gasteiger charge is 2.17. The maximum absolute atomic E-state index is 13.0. The van der Waals surface area contributed by atoms with Crippen LogP contribution in [0.15, 0.2) is 30.0 Å². The molecule has 0 amide bonds. The van der Waals surface area contributed by atoms with E-state index >= 15 is 0 Å². The number of esters is 1. The number of halogens is 2. The van der Waals surface area contributed by atoms with Gasteiger partial charge in [-0.25, -0.2) is 9.24 Å². The van der Waals surface area contributed by atoms with Crippen molar-refractivity contribution >= 4 is 26.4 Å². The molecule has 5 heteroatoms. The largest absolute Gasteiger partial charge is 0.471 e. The van der Waals surface area contributed by atoms with Crippen molar-refractivity contribution in [1.29, 1.82) is 0 Å². The second kappa shape index (κ2) is 6.16. The Balaban J connectivity index is 3.18. The molecule has 0 radical (unpaired) electrons. The van der Waals surface area contributed by atoms with Crippen LogP contribution in [0, 0.1) is 12.4 Å². The third-order valence-corrected chi connectivity index (χ3v) is 2.70. The maximum atomic E-state index is 13.0. The highest BCUT2D eigenvalue weighted by atomic mass is 79.9. The van der Waals surface area contributed by atoms with Crippen molar-refractivity contribution in [1.82, 2.24) is 0 Å². The number of nitrogens with zero attached hydrogens (tertiary/aromatic N) is 1. The summed E-state index contributed by atoms with van der Waals surface area (Å²) in [5, 5.41) is 0. The Bertz CT molecular complexity index is 505. The van der Waals surface area contributed by atoms with Gasteiger partial charge in [0.05, 0.1) is 13.2 Å². The molecule has 0 heterocycles. The number of benzene rings is 1. The number of hydrogen-bond acceptors (Lipinski definition) is 2. The molecule has 1 rings (SSSR count). The second-order valence-electron chi connectivity index (χ2n) is 3.01. The van der Waals surface area contributed by atoms with E-state index < -0.39 is 11.8 Å². The van der Waals surface area contributed by atoms with Crippen LogP contribution in [0.5, 0.6) is 0 Å². The van der Waals surface area contributed by atoms with Crippen LogP contribution < -0.4 is 0 Å². The van der Waals surface area contributed by atoms with Gasteiger partial charge >= 0.3 is 5.97 Å². The Hall–Kier alpha value is -1.67. The smallest absolute Gasteiger partial charge is 0.337 e. The van der Waals surface area contributed by atoms with E-state index in [1.54, 1.807) is 13.0 Å². The maximum Gasteiger partial charge on any atom is 0.337 e. The molecule has 1 aromatic rings. The van der Waals surface area contributed by atoms with Gasteiger partial charge in [-0.3, -0.25) is 4.79 Å². The molecule has 0 bridgehead atoms. The van der Waals surface area contributed by atoms with E-state index in [2.05, 4.69) is 20.8 Å². The summed E-state index contributed by atoms with van der Waals surface area (Å²) in [4.78, 5) is 14.6. The summed E-state index contributed by atoms with van der Waals surface area (Å²) in [7, 11) is 0. The number of hydrogen-bond donors (Lipinski definition) is 0. The Kier molecular flexibility index (Phi) is 4.85. The lowest BCUT2D eigenvalue weighted by atomic mass is 10.2. The molecular weight excluding hydrogens is 289 g/mol. The van der Waals surface area contributed by atoms with Crippen molar-refractivity contribution in [2.24, 2.45) is 0 Å². The molecular formula is C12H9BrFNO2. The molecule has 0 aromatic heterocycles. The zero-order valence-electron chi connectivity index (χ0n) is 9.04. The first-order valence-corrected chi connectivity index (χ1v) is 5.59. The first-order valence-electron chi connectivity index (χ1n) is 4.80. The topological polar surface area (TPSA) is 30.7 Å². The van der Waals surface area contributed by atoms with Crippen molar-refractivity contribution in [2.75, 3.05) is 6.61 Å². The minimum atomic E-state index is -0.723. The van der Waals surface area contributed by atoms with Crippen molar-refractivity contribution in [3.8, 4) is 0 Å². The third kappa shape index (κ3) is 3.40. The van der Waals surface area contributed by atoms with Crippen molar-refractivity contribution in [3.63, 3.8) is 0 Å². The number of carbonyl (C=O) groups is 1. The number of rotatable bonds is 3. The molecule has 0 unspecified atom stereocenters. The van der Waals surface area contributed by atoms with E-state index in [9.17, 15) is 9.18 Å². The van der Waals surface area contributed by atoms with Gasteiger partial charge in [0.15, 0.2) is 0 Å². The Morgan fingerprint density at radius 1 is 1.59 bits per heavy atom. The fourth-order valence-electron chi connectivity index (χ4n) is 1.15. The van der Waals surface area contributed by atoms with Gasteiger partial charge in [-0.1, -0.05) is 28.1 Å². The lowest BCUT2D eigenvalue weighted by Gasteiger charge is -2.04. The van der Waals surface area contributed by atoms with E-state index in [4.69, 9.17) is 11.3 Å². The standard InChI is InChI=1S/C12H9BrFNO2/c1-3-17-12(16)11(15-2)10(13)8-5-4-6-9(14)7-8/h4-7H,3H2,1H3/b11-10-. The Morgan fingerprint density at radius 2 is 2.29 bits per heavy atom. The van der Waals surface area contributed by atoms with Crippen molar-refractivity contribution in [2.45, 2.75) is 6.92 Å². The van der Waals surface area contributed by atoms with Crippen LogP contribution in [0.25, 0.3) is 9.33 Å². The highest BCUT2D eigenvalue weighted by Crippen LogP contribution is 2.27. The third-order valence-electron chi connectivity index (χ3n) is 1.87. The molecule has 0 saturated carbocycles. The summed E-state index contributed by atoms with van der Waals surface area (Å²) in [6.45, 7) is 8.77. The lowest BCUT2D eigenvalue weighted by Crippen LogP contribution is -2.06. The predicted molar refractivity (Wildman–Crippen MR) is 65.5 cm³/mol. The summed E-state index contributed by atoms with van der Waals surface area (Å²) in [5.74, 6) is -1.16. The SMILES string of the molecule is [C-]#[N+]/C(C(=O)OCC)=C(\Br)c1cccc(F)c1. The van der Waals surface area contributed by atoms with Gasteiger partial charge in [-0.05, 0) is 24.6 Å². The molecule has 0 aliphatic carbocycles. The molecule has 17 heavy (non-hydrogen) atoms. The first kappa shape index (κ1) is 13.4. The molecule has 1 aromatic carbocycles. The number of carbonyl (C=O) groups excluding carboxylic acids is 1. The summed E-state index contributed by atoms with van der Waals surface area (Å²) < 4.78 is 18.0. The molecule has 0 fully saturated rings.